The second-order valence-corrected chi connectivity index (χ2v) is 4.86. The molecule has 0 aliphatic heterocycles. The van der Waals surface area contributed by atoms with E-state index < -0.39 is 0 Å². The number of hydroxylamine groups is 2. The predicted molar refractivity (Wildman–Crippen MR) is 70.4 cm³/mol. The summed E-state index contributed by atoms with van der Waals surface area (Å²) in [5.74, 6) is -0.610. The lowest BCUT2D eigenvalue weighted by molar-refractivity contribution is -0.0884. The first kappa shape index (κ1) is 13.7. The van der Waals surface area contributed by atoms with E-state index in [0.717, 1.165) is 30.7 Å². The quantitative estimate of drug-likeness (QED) is 0.513. The largest absolute Gasteiger partial charge is 0.289 e. The van der Waals surface area contributed by atoms with Crippen LogP contribution in [-0.4, -0.2) is 22.1 Å². The molecule has 0 unspecified atom stereocenters. The number of allylic oxidation sites excluding steroid dienone is 1. The van der Waals surface area contributed by atoms with E-state index in [1.165, 1.54) is 43.0 Å². The molecule has 0 aromatic heterocycles. The van der Waals surface area contributed by atoms with E-state index in [1.807, 2.05) is 0 Å². The predicted octanol–water partition coefficient (Wildman–Crippen LogP) is 3.55. The molecule has 1 aliphatic carbocycles. The SMILES string of the molecule is O=C(/C=C\N(O)C1CCCCC1)c1ccc(F)cc1. The lowest BCUT2D eigenvalue weighted by Gasteiger charge is -2.27. The lowest BCUT2D eigenvalue weighted by Crippen LogP contribution is -2.29. The van der Waals surface area contributed by atoms with Gasteiger partial charge in [0.15, 0.2) is 5.78 Å². The highest BCUT2D eigenvalue weighted by Gasteiger charge is 2.17. The van der Waals surface area contributed by atoms with Gasteiger partial charge in [0.25, 0.3) is 0 Å². The van der Waals surface area contributed by atoms with Crippen molar-refractivity contribution >= 4 is 5.78 Å². The molecule has 0 saturated heterocycles. The third-order valence-electron chi connectivity index (χ3n) is 3.46. The van der Waals surface area contributed by atoms with E-state index in [4.69, 9.17) is 0 Å². The summed E-state index contributed by atoms with van der Waals surface area (Å²) in [5.41, 5.74) is 0.412. The van der Waals surface area contributed by atoms with Gasteiger partial charge in [-0.25, -0.2) is 4.39 Å². The number of halogens is 1. The fourth-order valence-electron chi connectivity index (χ4n) is 2.32. The Kier molecular flexibility index (Phi) is 4.68. The fourth-order valence-corrected chi connectivity index (χ4v) is 2.32. The van der Waals surface area contributed by atoms with Gasteiger partial charge < -0.3 is 0 Å². The minimum Gasteiger partial charge on any atom is -0.289 e. The van der Waals surface area contributed by atoms with Crippen molar-refractivity contribution in [2.45, 2.75) is 38.1 Å². The van der Waals surface area contributed by atoms with Gasteiger partial charge in [-0.3, -0.25) is 15.1 Å². The van der Waals surface area contributed by atoms with Gasteiger partial charge in [0.2, 0.25) is 0 Å². The third kappa shape index (κ3) is 3.89. The summed E-state index contributed by atoms with van der Waals surface area (Å²) in [7, 11) is 0. The standard InChI is InChI=1S/C15H18FNO2/c16-13-8-6-12(7-9-13)15(18)10-11-17(19)14-4-2-1-3-5-14/h6-11,14,19H,1-5H2/b11-10-. The molecule has 19 heavy (non-hydrogen) atoms. The zero-order chi connectivity index (χ0) is 13.7. The van der Waals surface area contributed by atoms with Crippen molar-refractivity contribution in [2.24, 2.45) is 0 Å². The van der Waals surface area contributed by atoms with Gasteiger partial charge in [-0.05, 0) is 37.1 Å². The van der Waals surface area contributed by atoms with Crippen molar-refractivity contribution in [3.8, 4) is 0 Å². The number of carbonyl (C=O) groups is 1. The van der Waals surface area contributed by atoms with Crippen molar-refractivity contribution < 1.29 is 14.4 Å². The molecule has 0 amide bonds. The molecule has 1 aliphatic rings. The zero-order valence-electron chi connectivity index (χ0n) is 10.8. The van der Waals surface area contributed by atoms with Crippen LogP contribution in [0.2, 0.25) is 0 Å². The van der Waals surface area contributed by atoms with Crippen LogP contribution in [0.25, 0.3) is 0 Å². The Morgan fingerprint density at radius 3 is 2.47 bits per heavy atom. The first-order valence-corrected chi connectivity index (χ1v) is 6.62. The maximum atomic E-state index is 12.7. The second kappa shape index (κ2) is 6.48. The molecule has 0 atom stereocenters. The smallest absolute Gasteiger partial charge is 0.187 e. The van der Waals surface area contributed by atoms with Crippen molar-refractivity contribution in [3.05, 3.63) is 47.9 Å². The second-order valence-electron chi connectivity index (χ2n) is 4.86. The molecular formula is C15H18FNO2. The Balaban J connectivity index is 1.93. The molecule has 0 bridgehead atoms. The molecule has 0 radical (unpaired) electrons. The molecule has 3 nitrogen and oxygen atoms in total. The molecule has 2 rings (SSSR count). The molecule has 1 aromatic carbocycles. The molecule has 1 aromatic rings. The number of ketones is 1. The van der Waals surface area contributed by atoms with E-state index in [9.17, 15) is 14.4 Å². The van der Waals surface area contributed by atoms with Crippen LogP contribution in [0.3, 0.4) is 0 Å². The Hall–Kier alpha value is -1.68. The highest BCUT2D eigenvalue weighted by Crippen LogP contribution is 2.21. The summed E-state index contributed by atoms with van der Waals surface area (Å²) >= 11 is 0. The van der Waals surface area contributed by atoms with Gasteiger partial charge in [-0.1, -0.05) is 19.3 Å². The van der Waals surface area contributed by atoms with E-state index in [0.29, 0.717) is 5.56 Å². The number of rotatable bonds is 4. The monoisotopic (exact) mass is 263 g/mol. The van der Waals surface area contributed by atoms with Gasteiger partial charge >= 0.3 is 0 Å². The summed E-state index contributed by atoms with van der Waals surface area (Å²) in [6.45, 7) is 0. The summed E-state index contributed by atoms with van der Waals surface area (Å²) in [6, 6.07) is 5.47. The van der Waals surface area contributed by atoms with Crippen LogP contribution in [0.5, 0.6) is 0 Å². The maximum Gasteiger partial charge on any atom is 0.187 e. The summed E-state index contributed by atoms with van der Waals surface area (Å²) in [4.78, 5) is 11.8. The normalized spacial score (nSPS) is 16.7. The van der Waals surface area contributed by atoms with Crippen molar-refractivity contribution in [3.63, 3.8) is 0 Å². The van der Waals surface area contributed by atoms with Crippen molar-refractivity contribution in [1.82, 2.24) is 5.06 Å². The molecule has 0 spiro atoms. The van der Waals surface area contributed by atoms with Crippen LogP contribution >= 0.6 is 0 Å². The van der Waals surface area contributed by atoms with Gasteiger partial charge in [0.1, 0.15) is 5.82 Å². The molecule has 102 valence electrons. The average Bonchev–Trinajstić information content (AvgIpc) is 2.46. The zero-order valence-corrected chi connectivity index (χ0v) is 10.8. The van der Waals surface area contributed by atoms with Crippen molar-refractivity contribution in [1.29, 1.82) is 0 Å². The van der Waals surface area contributed by atoms with Crippen LogP contribution in [0.15, 0.2) is 36.5 Å². The van der Waals surface area contributed by atoms with Crippen molar-refractivity contribution in [2.75, 3.05) is 0 Å². The third-order valence-corrected chi connectivity index (χ3v) is 3.46. The topological polar surface area (TPSA) is 40.5 Å². The highest BCUT2D eigenvalue weighted by atomic mass is 19.1. The average molecular weight is 263 g/mol. The number of nitrogens with zero attached hydrogens (tertiary/aromatic N) is 1. The molecule has 1 N–H and O–H groups in total. The molecule has 0 heterocycles. The fraction of sp³-hybridized carbons (Fsp3) is 0.400. The van der Waals surface area contributed by atoms with Crippen LogP contribution in [0.1, 0.15) is 42.5 Å². The first-order valence-electron chi connectivity index (χ1n) is 6.62. The Morgan fingerprint density at radius 1 is 1.21 bits per heavy atom. The van der Waals surface area contributed by atoms with Crippen LogP contribution in [-0.2, 0) is 0 Å². The lowest BCUT2D eigenvalue weighted by atomic mass is 9.95. The number of hydrogen-bond donors (Lipinski definition) is 1. The van der Waals surface area contributed by atoms with Gasteiger partial charge in [0.05, 0.1) is 6.04 Å². The van der Waals surface area contributed by atoms with Gasteiger partial charge in [-0.2, -0.15) is 0 Å². The van der Waals surface area contributed by atoms with Crippen LogP contribution < -0.4 is 0 Å². The van der Waals surface area contributed by atoms with Gasteiger partial charge in [0, 0.05) is 17.8 Å². The summed E-state index contributed by atoms with van der Waals surface area (Å²) in [5, 5.41) is 11.0. The molecule has 1 saturated carbocycles. The highest BCUT2D eigenvalue weighted by molar-refractivity contribution is 6.04. The van der Waals surface area contributed by atoms with E-state index in [-0.39, 0.29) is 17.6 Å². The molecule has 1 fully saturated rings. The van der Waals surface area contributed by atoms with Gasteiger partial charge in [-0.15, -0.1) is 0 Å². The Bertz CT molecular complexity index is 450. The number of benzene rings is 1. The number of hydrogen-bond acceptors (Lipinski definition) is 3. The number of carbonyl (C=O) groups excluding carboxylic acids is 1. The molecular weight excluding hydrogens is 245 g/mol. The minimum absolute atomic E-state index is 0.103. The van der Waals surface area contributed by atoms with E-state index in [2.05, 4.69) is 0 Å². The summed E-state index contributed by atoms with van der Waals surface area (Å²) < 4.78 is 12.7. The van der Waals surface area contributed by atoms with E-state index in [1.54, 1.807) is 0 Å². The van der Waals surface area contributed by atoms with Crippen LogP contribution in [0, 0.1) is 5.82 Å². The Morgan fingerprint density at radius 2 is 1.84 bits per heavy atom. The minimum atomic E-state index is -0.369. The van der Waals surface area contributed by atoms with E-state index >= 15 is 0 Å². The molecule has 4 heteroatoms. The van der Waals surface area contributed by atoms with Crippen LogP contribution in [0.4, 0.5) is 4.39 Å². The first-order chi connectivity index (χ1) is 9.16. The maximum absolute atomic E-state index is 12.7. The Labute approximate surface area is 112 Å². The summed E-state index contributed by atoms with van der Waals surface area (Å²) in [6.07, 6.45) is 8.06.